The fourth-order valence-corrected chi connectivity index (χ4v) is 2.87. The number of aromatic nitrogens is 3. The number of pyridine rings is 1. The zero-order chi connectivity index (χ0) is 17.3. The summed E-state index contributed by atoms with van der Waals surface area (Å²) in [6.45, 7) is 0.797. The maximum atomic E-state index is 11.5. The first-order valence-corrected chi connectivity index (χ1v) is 8.27. The van der Waals surface area contributed by atoms with E-state index in [2.05, 4.69) is 26.0 Å². The van der Waals surface area contributed by atoms with E-state index < -0.39 is 5.97 Å². The van der Waals surface area contributed by atoms with E-state index in [0.717, 1.165) is 22.3 Å². The van der Waals surface area contributed by atoms with Crippen LogP contribution in [0.4, 0.5) is 0 Å². The van der Waals surface area contributed by atoms with Crippen LogP contribution in [-0.2, 0) is 6.42 Å². The van der Waals surface area contributed by atoms with Gasteiger partial charge in [-0.1, -0.05) is 28.1 Å². The molecule has 1 N–H and O–H groups in total. The Bertz CT molecular complexity index is 905. The van der Waals surface area contributed by atoms with Gasteiger partial charge in [-0.15, -0.1) is 0 Å². The number of fused-ring (bicyclic) bond motifs is 1. The Labute approximate surface area is 147 Å². The first-order valence-electron chi connectivity index (χ1n) is 7.48. The maximum absolute atomic E-state index is 11.5. The number of hydrogen-bond acceptors (Lipinski definition) is 4. The largest absolute Gasteiger partial charge is 0.478 e. The molecule has 0 aliphatic carbocycles. The molecule has 0 saturated carbocycles. The second-order valence-corrected chi connectivity index (χ2v) is 6.68. The van der Waals surface area contributed by atoms with Crippen molar-refractivity contribution >= 4 is 27.5 Å². The molecule has 0 radical (unpaired) electrons. The number of carbonyl (C=O) groups is 1. The number of carboxylic acids is 1. The molecule has 3 rings (SSSR count). The molecule has 0 bridgehead atoms. The minimum absolute atomic E-state index is 0.150. The van der Waals surface area contributed by atoms with Crippen molar-refractivity contribution in [3.8, 4) is 11.3 Å². The number of carboxylic acid groups (broad SMARTS) is 1. The molecule has 1 aromatic carbocycles. The number of halogens is 1. The summed E-state index contributed by atoms with van der Waals surface area (Å²) in [7, 11) is 3.96. The molecule has 0 unspecified atom stereocenters. The average molecular weight is 389 g/mol. The number of hydrogen-bond donors (Lipinski definition) is 1. The summed E-state index contributed by atoms with van der Waals surface area (Å²) in [4.78, 5) is 18.0. The van der Waals surface area contributed by atoms with Gasteiger partial charge in [0.2, 0.25) is 0 Å². The molecule has 0 saturated heterocycles. The molecule has 0 spiro atoms. The van der Waals surface area contributed by atoms with Crippen LogP contribution in [0.5, 0.6) is 0 Å². The van der Waals surface area contributed by atoms with Crippen LogP contribution in [0.25, 0.3) is 16.9 Å². The molecule has 124 valence electrons. The van der Waals surface area contributed by atoms with Crippen LogP contribution in [-0.4, -0.2) is 51.2 Å². The zero-order valence-electron chi connectivity index (χ0n) is 13.4. The van der Waals surface area contributed by atoms with Gasteiger partial charge in [0.1, 0.15) is 5.56 Å². The van der Waals surface area contributed by atoms with Crippen molar-refractivity contribution in [1.82, 2.24) is 19.5 Å². The smallest absolute Gasteiger partial charge is 0.339 e. The Morgan fingerprint density at radius 3 is 2.75 bits per heavy atom. The molecule has 6 nitrogen and oxygen atoms in total. The molecular weight excluding hydrogens is 372 g/mol. The molecule has 7 heteroatoms. The van der Waals surface area contributed by atoms with Crippen molar-refractivity contribution in [3.63, 3.8) is 0 Å². The Morgan fingerprint density at radius 1 is 1.29 bits per heavy atom. The van der Waals surface area contributed by atoms with Crippen LogP contribution in [0.3, 0.4) is 0 Å². The normalized spacial score (nSPS) is 11.3. The van der Waals surface area contributed by atoms with Gasteiger partial charge >= 0.3 is 5.97 Å². The van der Waals surface area contributed by atoms with E-state index >= 15 is 0 Å². The topological polar surface area (TPSA) is 70.7 Å². The molecule has 0 atom stereocenters. The Hall–Kier alpha value is -2.25. The van der Waals surface area contributed by atoms with Gasteiger partial charge in [-0.2, -0.15) is 5.10 Å². The SMILES string of the molecule is CN(C)CCc1nc2c(C(=O)O)ccc(-c3cccc(Br)c3)n2n1. The van der Waals surface area contributed by atoms with Crippen LogP contribution >= 0.6 is 15.9 Å². The van der Waals surface area contributed by atoms with Crippen molar-refractivity contribution in [2.24, 2.45) is 0 Å². The molecule has 0 amide bonds. The molecule has 24 heavy (non-hydrogen) atoms. The van der Waals surface area contributed by atoms with Crippen LogP contribution in [0.15, 0.2) is 40.9 Å². The highest BCUT2D eigenvalue weighted by Gasteiger charge is 2.17. The summed E-state index contributed by atoms with van der Waals surface area (Å²) in [5, 5.41) is 14.0. The van der Waals surface area contributed by atoms with E-state index in [-0.39, 0.29) is 5.56 Å². The molecule has 2 aromatic heterocycles. The molecule has 0 fully saturated rings. The van der Waals surface area contributed by atoms with Crippen molar-refractivity contribution in [2.45, 2.75) is 6.42 Å². The van der Waals surface area contributed by atoms with Crippen LogP contribution in [0.2, 0.25) is 0 Å². The number of benzene rings is 1. The van der Waals surface area contributed by atoms with Crippen molar-refractivity contribution in [1.29, 1.82) is 0 Å². The van der Waals surface area contributed by atoms with Gasteiger partial charge in [-0.05, 0) is 38.4 Å². The van der Waals surface area contributed by atoms with E-state index in [9.17, 15) is 9.90 Å². The van der Waals surface area contributed by atoms with E-state index in [1.165, 1.54) is 0 Å². The Kier molecular flexibility index (Phi) is 4.64. The number of nitrogens with zero attached hydrogens (tertiary/aromatic N) is 4. The monoisotopic (exact) mass is 388 g/mol. The lowest BCUT2D eigenvalue weighted by Crippen LogP contribution is -2.15. The van der Waals surface area contributed by atoms with Crippen molar-refractivity contribution < 1.29 is 9.90 Å². The molecular formula is C17H17BrN4O2. The molecule has 3 aromatic rings. The Morgan fingerprint density at radius 2 is 2.08 bits per heavy atom. The predicted octanol–water partition coefficient (Wildman–Crippen LogP) is 2.96. The summed E-state index contributed by atoms with van der Waals surface area (Å²) < 4.78 is 2.57. The van der Waals surface area contributed by atoms with Gasteiger partial charge in [-0.25, -0.2) is 14.3 Å². The third kappa shape index (κ3) is 3.32. The van der Waals surface area contributed by atoms with Gasteiger partial charge in [0.05, 0.1) is 5.69 Å². The van der Waals surface area contributed by atoms with Gasteiger partial charge < -0.3 is 10.0 Å². The highest BCUT2D eigenvalue weighted by molar-refractivity contribution is 9.10. The second-order valence-electron chi connectivity index (χ2n) is 5.76. The van der Waals surface area contributed by atoms with E-state index in [1.807, 2.05) is 43.3 Å². The summed E-state index contributed by atoms with van der Waals surface area (Å²) >= 11 is 3.46. The van der Waals surface area contributed by atoms with Crippen LogP contribution in [0, 0.1) is 0 Å². The lowest BCUT2D eigenvalue weighted by molar-refractivity contribution is 0.0698. The lowest BCUT2D eigenvalue weighted by atomic mass is 10.1. The molecule has 0 aliphatic rings. The highest BCUT2D eigenvalue weighted by Crippen LogP contribution is 2.25. The van der Waals surface area contributed by atoms with Gasteiger partial charge in [0.15, 0.2) is 11.5 Å². The summed E-state index contributed by atoms with van der Waals surface area (Å²) in [5.74, 6) is -0.374. The minimum atomic E-state index is -1.01. The highest BCUT2D eigenvalue weighted by atomic mass is 79.9. The third-order valence-electron chi connectivity index (χ3n) is 3.66. The first-order chi connectivity index (χ1) is 11.5. The van der Waals surface area contributed by atoms with Gasteiger partial charge in [0, 0.05) is 23.0 Å². The Balaban J connectivity index is 2.16. The summed E-state index contributed by atoms with van der Waals surface area (Å²) in [6, 6.07) is 11.1. The predicted molar refractivity (Wildman–Crippen MR) is 95.3 cm³/mol. The van der Waals surface area contributed by atoms with Gasteiger partial charge in [0.25, 0.3) is 0 Å². The number of likely N-dealkylation sites (N-methyl/N-ethyl adjacent to an activating group) is 1. The van der Waals surface area contributed by atoms with Crippen molar-refractivity contribution in [3.05, 3.63) is 52.3 Å². The van der Waals surface area contributed by atoms with Gasteiger partial charge in [-0.3, -0.25) is 0 Å². The molecule has 0 aliphatic heterocycles. The average Bonchev–Trinajstić information content (AvgIpc) is 2.95. The number of aromatic carboxylic acids is 1. The lowest BCUT2D eigenvalue weighted by Gasteiger charge is -2.07. The molecule has 2 heterocycles. The minimum Gasteiger partial charge on any atom is -0.478 e. The van der Waals surface area contributed by atoms with Crippen LogP contribution < -0.4 is 0 Å². The fraction of sp³-hybridized carbons (Fsp3) is 0.235. The van der Waals surface area contributed by atoms with Crippen LogP contribution in [0.1, 0.15) is 16.2 Å². The summed E-state index contributed by atoms with van der Waals surface area (Å²) in [5.41, 5.74) is 2.27. The second kappa shape index (κ2) is 6.70. The standard InChI is InChI=1S/C17H17BrN4O2/c1-21(2)9-8-15-19-16-13(17(23)24)6-7-14(22(16)20-15)11-4-3-5-12(18)10-11/h3-7,10H,8-9H2,1-2H3,(H,23,24). The van der Waals surface area contributed by atoms with E-state index in [0.29, 0.717) is 17.9 Å². The third-order valence-corrected chi connectivity index (χ3v) is 4.15. The zero-order valence-corrected chi connectivity index (χ0v) is 15.0. The first kappa shape index (κ1) is 16.6. The van der Waals surface area contributed by atoms with E-state index in [4.69, 9.17) is 0 Å². The number of rotatable bonds is 5. The van der Waals surface area contributed by atoms with E-state index in [1.54, 1.807) is 16.6 Å². The summed E-state index contributed by atoms with van der Waals surface area (Å²) in [6.07, 6.45) is 0.658. The maximum Gasteiger partial charge on any atom is 0.339 e. The fourth-order valence-electron chi connectivity index (χ4n) is 2.47. The quantitative estimate of drug-likeness (QED) is 0.727. The van der Waals surface area contributed by atoms with Crippen molar-refractivity contribution in [2.75, 3.05) is 20.6 Å².